The summed E-state index contributed by atoms with van der Waals surface area (Å²) in [7, 11) is 1.41. The van der Waals surface area contributed by atoms with Gasteiger partial charge in [-0.1, -0.05) is 151 Å². The van der Waals surface area contributed by atoms with Crippen molar-refractivity contribution in [3.8, 4) is 0 Å². The molecule has 0 spiro atoms. The molecule has 0 aromatic rings. The summed E-state index contributed by atoms with van der Waals surface area (Å²) in [6.07, 6.45) is 29.1. The third kappa shape index (κ3) is 88.7. The Kier molecular flexibility index (Phi) is 66.6. The molecule has 0 fully saturated rings. The third-order valence-corrected chi connectivity index (χ3v) is 7.73. The van der Waals surface area contributed by atoms with E-state index in [0.29, 0.717) is 36.7 Å². The van der Waals surface area contributed by atoms with Crippen molar-refractivity contribution in [2.24, 2.45) is 17.4 Å². The van der Waals surface area contributed by atoms with Crippen molar-refractivity contribution in [2.45, 2.75) is 229 Å². The van der Waals surface area contributed by atoms with Gasteiger partial charge >= 0.3 is 11.9 Å². The van der Waals surface area contributed by atoms with E-state index in [4.69, 9.17) is 5.11 Å². The summed E-state index contributed by atoms with van der Waals surface area (Å²) in [5.41, 5.74) is 9.24. The number of methoxy groups -OCH3 is 1. The van der Waals surface area contributed by atoms with Gasteiger partial charge in [-0.05, 0) is 58.2 Å². The molecular formula is C43H88N2O7S. The molecule has 0 aliphatic carbocycles. The number of Topliss-reactive ketones (excluding diaryl/α,β-unsaturated/α-hetero) is 3. The molecule has 1 unspecified atom stereocenters. The summed E-state index contributed by atoms with van der Waals surface area (Å²) in [6, 6.07) is 0. The van der Waals surface area contributed by atoms with Gasteiger partial charge in [-0.2, -0.15) is 0 Å². The van der Waals surface area contributed by atoms with Gasteiger partial charge in [0, 0.05) is 38.0 Å². The lowest BCUT2D eigenvalue weighted by atomic mass is 9.95. The minimum atomic E-state index is -0.693. The van der Waals surface area contributed by atoms with Crippen molar-refractivity contribution in [1.29, 1.82) is 0 Å². The number of unbranched alkanes of at least 4 members (excludes halogenated alkanes) is 15. The maximum atomic E-state index is 11.8. The number of ether oxygens (including phenoxy) is 1. The first-order valence-electron chi connectivity index (χ1n) is 20.9. The Balaban J connectivity index is -0.000000146. The average molecular weight is 777 g/mol. The lowest BCUT2D eigenvalue weighted by Gasteiger charge is -2.09. The molecule has 0 aliphatic rings. The zero-order valence-electron chi connectivity index (χ0n) is 36.4. The SMILES string of the molecule is CC(C)=O.CCCCC(=O)CC.CCCCC(=O)O.CCCCC(=O)OC.CCCCCCCCCCCCCCC(C)C(=O)CCCC.NC(N)=S. The molecule has 0 saturated carbocycles. The van der Waals surface area contributed by atoms with Crippen molar-refractivity contribution < 1.29 is 33.8 Å². The van der Waals surface area contributed by atoms with Crippen LogP contribution in [0.15, 0.2) is 0 Å². The fourth-order valence-electron chi connectivity index (χ4n) is 4.35. The van der Waals surface area contributed by atoms with Crippen LogP contribution in [0.5, 0.6) is 0 Å². The fraction of sp³-hybridized carbons (Fsp3) is 0.860. The van der Waals surface area contributed by atoms with Gasteiger partial charge in [-0.3, -0.25) is 19.2 Å². The minimum absolute atomic E-state index is 0.000000000000000222. The summed E-state index contributed by atoms with van der Waals surface area (Å²) in [4.78, 5) is 52.0. The molecule has 0 rings (SSSR count). The van der Waals surface area contributed by atoms with Crippen LogP contribution in [0.2, 0.25) is 0 Å². The number of rotatable bonds is 27. The number of hydrogen-bond donors (Lipinski definition) is 3. The Bertz CT molecular complexity index is 782. The van der Waals surface area contributed by atoms with Crippen LogP contribution in [0.3, 0.4) is 0 Å². The zero-order chi connectivity index (χ0) is 42.1. The third-order valence-electron chi connectivity index (χ3n) is 7.73. The topological polar surface area (TPSA) is 167 Å². The van der Waals surface area contributed by atoms with E-state index in [1.807, 2.05) is 20.8 Å². The molecular weight excluding hydrogens is 689 g/mol. The Hall–Kier alpha value is -2.36. The first-order chi connectivity index (χ1) is 25.1. The van der Waals surface area contributed by atoms with E-state index in [1.165, 1.54) is 98.0 Å². The Morgan fingerprint density at radius 2 is 0.887 bits per heavy atom. The van der Waals surface area contributed by atoms with Crippen LogP contribution >= 0.6 is 12.2 Å². The predicted molar refractivity (Wildman–Crippen MR) is 230 cm³/mol. The number of hydrogen-bond acceptors (Lipinski definition) is 7. The van der Waals surface area contributed by atoms with E-state index < -0.39 is 5.97 Å². The number of nitrogens with two attached hydrogens (primary N) is 2. The summed E-state index contributed by atoms with van der Waals surface area (Å²) in [5.74, 6) is 0.556. The molecule has 1 atom stereocenters. The number of carbonyl (C=O) groups excluding carboxylic acids is 4. The highest BCUT2D eigenvalue weighted by Crippen LogP contribution is 2.16. The van der Waals surface area contributed by atoms with Crippen molar-refractivity contribution in [3.63, 3.8) is 0 Å². The standard InChI is InChI=1S/C21H42O.C7H14O.C6H12O2.C5H10O2.C3H6O.CH4N2S/c1-4-6-8-9-10-11-12-13-14-15-16-17-18-20(3)21(22)19-7-5-2;1-3-5-6-7(8)4-2;1-3-4-5-6(7)8-2;1-2-3-4-5(6)7;1-3(2)4;2-1(3)4/h20H,4-19H2,1-3H3;3-6H2,1-2H3;3-5H2,1-2H3;2-4H2,1H3,(H,6,7);1-2H3;(H4,2,3,4). The Labute approximate surface area is 333 Å². The van der Waals surface area contributed by atoms with Gasteiger partial charge in [0.05, 0.1) is 7.11 Å². The van der Waals surface area contributed by atoms with Crippen molar-refractivity contribution in [2.75, 3.05) is 7.11 Å². The van der Waals surface area contributed by atoms with Gasteiger partial charge in [-0.15, -0.1) is 0 Å². The molecule has 9 nitrogen and oxygen atoms in total. The number of ketones is 3. The monoisotopic (exact) mass is 777 g/mol. The molecule has 53 heavy (non-hydrogen) atoms. The largest absolute Gasteiger partial charge is 0.481 e. The smallest absolute Gasteiger partial charge is 0.305 e. The zero-order valence-corrected chi connectivity index (χ0v) is 37.2. The maximum absolute atomic E-state index is 11.8. The van der Waals surface area contributed by atoms with E-state index >= 15 is 0 Å². The van der Waals surface area contributed by atoms with Crippen molar-refractivity contribution >= 4 is 46.6 Å². The highest BCUT2D eigenvalue weighted by molar-refractivity contribution is 7.80. The number of thiocarbonyl (C=S) groups is 1. The summed E-state index contributed by atoms with van der Waals surface area (Å²) >= 11 is 4.09. The number of esters is 1. The summed E-state index contributed by atoms with van der Waals surface area (Å²) in [6.45, 7) is 17.6. The first-order valence-corrected chi connectivity index (χ1v) is 21.3. The van der Waals surface area contributed by atoms with Gasteiger partial charge in [0.25, 0.3) is 0 Å². The second kappa shape index (κ2) is 56.4. The van der Waals surface area contributed by atoms with E-state index in [-0.39, 0.29) is 16.9 Å². The number of carboxylic acids is 1. The van der Waals surface area contributed by atoms with Crippen LogP contribution in [0.1, 0.15) is 229 Å². The number of aliphatic carboxylic acids is 1. The van der Waals surface area contributed by atoms with Crippen LogP contribution in [0.25, 0.3) is 0 Å². The van der Waals surface area contributed by atoms with E-state index in [0.717, 1.165) is 70.6 Å². The number of carbonyl (C=O) groups is 5. The Morgan fingerprint density at radius 3 is 1.21 bits per heavy atom. The van der Waals surface area contributed by atoms with Gasteiger partial charge in [0.1, 0.15) is 17.3 Å². The van der Waals surface area contributed by atoms with Crippen LogP contribution in [0, 0.1) is 5.92 Å². The van der Waals surface area contributed by atoms with E-state index in [2.05, 4.69) is 56.1 Å². The highest BCUT2D eigenvalue weighted by atomic mass is 32.1. The molecule has 0 radical (unpaired) electrons. The average Bonchev–Trinajstić information content (AvgIpc) is 3.11. The van der Waals surface area contributed by atoms with Crippen molar-refractivity contribution in [1.82, 2.24) is 0 Å². The predicted octanol–water partition coefficient (Wildman–Crippen LogP) is 12.0. The van der Waals surface area contributed by atoms with Crippen molar-refractivity contribution in [3.05, 3.63) is 0 Å². The van der Waals surface area contributed by atoms with E-state index in [1.54, 1.807) is 0 Å². The quantitative estimate of drug-likeness (QED) is 0.0415. The lowest BCUT2D eigenvalue weighted by molar-refractivity contribution is -0.141. The first kappa shape index (κ1) is 62.6. The fourth-order valence-corrected chi connectivity index (χ4v) is 4.35. The molecule has 0 saturated heterocycles. The molecule has 318 valence electrons. The molecule has 0 heterocycles. The van der Waals surface area contributed by atoms with Crippen LogP contribution in [-0.4, -0.2) is 46.6 Å². The molecule has 0 bridgehead atoms. The van der Waals surface area contributed by atoms with Gasteiger partial charge < -0.3 is 26.1 Å². The highest BCUT2D eigenvalue weighted by Gasteiger charge is 2.11. The molecule has 0 aromatic carbocycles. The lowest BCUT2D eigenvalue weighted by Crippen LogP contribution is -2.18. The molecule has 0 amide bonds. The van der Waals surface area contributed by atoms with Gasteiger partial charge in [0.2, 0.25) is 0 Å². The summed E-state index contributed by atoms with van der Waals surface area (Å²) < 4.78 is 4.41. The Morgan fingerprint density at radius 1 is 0.566 bits per heavy atom. The van der Waals surface area contributed by atoms with Crippen LogP contribution in [-0.2, 0) is 28.7 Å². The van der Waals surface area contributed by atoms with Crippen LogP contribution in [0.4, 0.5) is 0 Å². The van der Waals surface area contributed by atoms with Gasteiger partial charge in [-0.25, -0.2) is 0 Å². The molecule has 5 N–H and O–H groups in total. The normalized spacial score (nSPS) is 10.0. The maximum Gasteiger partial charge on any atom is 0.305 e. The van der Waals surface area contributed by atoms with Crippen LogP contribution < -0.4 is 11.5 Å². The molecule has 0 aromatic heterocycles. The van der Waals surface area contributed by atoms with Gasteiger partial charge in [0.15, 0.2) is 5.11 Å². The molecule has 0 aliphatic heterocycles. The minimum Gasteiger partial charge on any atom is -0.481 e. The van der Waals surface area contributed by atoms with E-state index in [9.17, 15) is 24.0 Å². The summed E-state index contributed by atoms with van der Waals surface area (Å²) in [5, 5.41) is 8.04. The molecule has 10 heteroatoms. The second-order valence-corrected chi connectivity index (χ2v) is 14.1. The number of carboxylic acid groups (broad SMARTS) is 1. The second-order valence-electron chi connectivity index (χ2n) is 13.6.